The Labute approximate surface area is 96.8 Å². The van der Waals surface area contributed by atoms with E-state index in [-0.39, 0.29) is 11.2 Å². The van der Waals surface area contributed by atoms with E-state index in [2.05, 4.69) is 20.8 Å². The van der Waals surface area contributed by atoms with E-state index in [1.807, 2.05) is 0 Å². The van der Waals surface area contributed by atoms with Crippen molar-refractivity contribution in [3.05, 3.63) is 0 Å². The lowest BCUT2D eigenvalue weighted by atomic mass is 9.68. The van der Waals surface area contributed by atoms with Crippen molar-refractivity contribution in [3.8, 4) is 0 Å². The van der Waals surface area contributed by atoms with E-state index in [9.17, 15) is 9.59 Å². The molecule has 3 aliphatic carbocycles. The van der Waals surface area contributed by atoms with Crippen LogP contribution in [0.25, 0.3) is 0 Å². The third kappa shape index (κ3) is 0.988. The van der Waals surface area contributed by atoms with Gasteiger partial charge < -0.3 is 4.79 Å². The fourth-order valence-corrected chi connectivity index (χ4v) is 4.73. The molecule has 0 unspecified atom stereocenters. The summed E-state index contributed by atoms with van der Waals surface area (Å²) in [5, 5.41) is 0. The van der Waals surface area contributed by atoms with Crippen molar-refractivity contribution in [2.45, 2.75) is 46.5 Å². The summed E-state index contributed by atoms with van der Waals surface area (Å²) in [6.45, 7) is 6.76. The smallest absolute Gasteiger partial charge is 0.146 e. The first-order chi connectivity index (χ1) is 7.35. The van der Waals surface area contributed by atoms with Crippen LogP contribution in [0.4, 0.5) is 0 Å². The lowest BCUT2D eigenvalue weighted by Gasteiger charge is -2.34. The van der Waals surface area contributed by atoms with Gasteiger partial charge >= 0.3 is 0 Å². The van der Waals surface area contributed by atoms with Crippen LogP contribution in [0.5, 0.6) is 0 Å². The Morgan fingerprint density at radius 2 is 1.94 bits per heavy atom. The molecule has 0 bridgehead atoms. The van der Waals surface area contributed by atoms with Crippen molar-refractivity contribution in [1.82, 2.24) is 0 Å². The van der Waals surface area contributed by atoms with Crippen LogP contribution in [-0.2, 0) is 9.59 Å². The van der Waals surface area contributed by atoms with E-state index in [1.165, 1.54) is 6.42 Å². The van der Waals surface area contributed by atoms with Gasteiger partial charge in [-0.3, -0.25) is 4.79 Å². The van der Waals surface area contributed by atoms with Crippen molar-refractivity contribution in [3.63, 3.8) is 0 Å². The van der Waals surface area contributed by atoms with Gasteiger partial charge in [0.2, 0.25) is 0 Å². The molecule has 0 amide bonds. The van der Waals surface area contributed by atoms with Gasteiger partial charge in [0.15, 0.2) is 0 Å². The first-order valence-electron chi connectivity index (χ1n) is 6.34. The van der Waals surface area contributed by atoms with Gasteiger partial charge in [-0.25, -0.2) is 0 Å². The Kier molecular flexibility index (Phi) is 1.70. The van der Waals surface area contributed by atoms with E-state index in [0.29, 0.717) is 23.7 Å². The minimum atomic E-state index is -0.575. The first kappa shape index (κ1) is 10.5. The van der Waals surface area contributed by atoms with Gasteiger partial charge in [0.25, 0.3) is 0 Å². The zero-order valence-corrected chi connectivity index (χ0v) is 10.4. The molecular formula is C14H20O2. The molecule has 2 heteroatoms. The third-order valence-corrected chi connectivity index (χ3v) is 5.66. The summed E-state index contributed by atoms with van der Waals surface area (Å²) in [6, 6.07) is 0. The number of rotatable bonds is 1. The maximum Gasteiger partial charge on any atom is 0.146 e. The van der Waals surface area contributed by atoms with Crippen LogP contribution in [-0.4, -0.2) is 12.1 Å². The first-order valence-corrected chi connectivity index (χ1v) is 6.34. The van der Waals surface area contributed by atoms with Crippen LogP contribution in [0.1, 0.15) is 46.5 Å². The molecule has 3 saturated carbocycles. The molecule has 0 saturated heterocycles. The van der Waals surface area contributed by atoms with E-state index < -0.39 is 5.41 Å². The van der Waals surface area contributed by atoms with Gasteiger partial charge in [-0.2, -0.15) is 0 Å². The van der Waals surface area contributed by atoms with Crippen molar-refractivity contribution in [1.29, 1.82) is 0 Å². The molecule has 0 N–H and O–H groups in total. The van der Waals surface area contributed by atoms with E-state index in [0.717, 1.165) is 19.1 Å². The lowest BCUT2D eigenvalue weighted by Crippen LogP contribution is -2.37. The van der Waals surface area contributed by atoms with Crippen molar-refractivity contribution >= 4 is 12.1 Å². The van der Waals surface area contributed by atoms with Gasteiger partial charge in [0.1, 0.15) is 12.1 Å². The van der Waals surface area contributed by atoms with E-state index in [4.69, 9.17) is 0 Å². The maximum atomic E-state index is 12.1. The molecular weight excluding hydrogens is 200 g/mol. The number of aldehydes is 1. The number of carbonyl (C=O) groups is 2. The molecule has 0 aromatic rings. The highest BCUT2D eigenvalue weighted by atomic mass is 16.1. The molecule has 3 aliphatic rings. The molecule has 0 aliphatic heterocycles. The topological polar surface area (TPSA) is 34.1 Å². The van der Waals surface area contributed by atoms with Crippen molar-refractivity contribution in [2.75, 3.05) is 0 Å². The number of hydrogen-bond acceptors (Lipinski definition) is 2. The predicted octanol–water partition coefficient (Wildman–Crippen LogP) is 2.61. The predicted molar refractivity (Wildman–Crippen MR) is 60.8 cm³/mol. The van der Waals surface area contributed by atoms with Gasteiger partial charge in [-0.15, -0.1) is 0 Å². The summed E-state index contributed by atoms with van der Waals surface area (Å²) in [5.41, 5.74) is -0.211. The minimum Gasteiger partial charge on any atom is -0.302 e. The fourth-order valence-electron chi connectivity index (χ4n) is 4.73. The molecule has 88 valence electrons. The van der Waals surface area contributed by atoms with Gasteiger partial charge in [0, 0.05) is 6.42 Å². The summed E-state index contributed by atoms with van der Waals surface area (Å²) in [5.74, 6) is 1.37. The summed E-state index contributed by atoms with van der Waals surface area (Å²) >= 11 is 0. The molecule has 0 heterocycles. The summed E-state index contributed by atoms with van der Waals surface area (Å²) in [4.78, 5) is 23.4. The molecule has 0 aromatic heterocycles. The monoisotopic (exact) mass is 220 g/mol. The average molecular weight is 220 g/mol. The second kappa shape index (κ2) is 2.60. The molecule has 4 atom stereocenters. The Balaban J connectivity index is 1.99. The SMILES string of the molecule is CC1(C)C[C@H]2CC(=O)[C@]3(C=O)C[C@]3(C)[C@H]2C1. The number of ketones is 1. The second-order valence-electron chi connectivity index (χ2n) is 7.25. The Hall–Kier alpha value is -0.660. The quantitative estimate of drug-likeness (QED) is 0.503. The molecule has 0 spiro atoms. The standard InChI is InChI=1S/C14H20O2/c1-12(2)5-9-4-11(16)14(8-15)7-13(14,3)10(9)6-12/h8-10H,4-7H2,1-3H3/t9-,10+,13-,14-/m1/s1. The number of fused-ring (bicyclic) bond motifs is 3. The highest BCUT2D eigenvalue weighted by Crippen LogP contribution is 2.75. The summed E-state index contributed by atoms with van der Waals surface area (Å²) in [6.07, 6.45) is 4.78. The van der Waals surface area contributed by atoms with E-state index in [1.54, 1.807) is 0 Å². The van der Waals surface area contributed by atoms with Crippen molar-refractivity contribution in [2.24, 2.45) is 28.1 Å². The van der Waals surface area contributed by atoms with Crippen LogP contribution in [0.3, 0.4) is 0 Å². The van der Waals surface area contributed by atoms with Gasteiger partial charge in [-0.05, 0) is 41.9 Å². The number of Topliss-reactive ketones (excluding diaryl/α,β-unsaturated/α-hetero) is 1. The Morgan fingerprint density at radius 1 is 1.25 bits per heavy atom. The zero-order valence-electron chi connectivity index (χ0n) is 10.4. The van der Waals surface area contributed by atoms with Crippen LogP contribution < -0.4 is 0 Å². The van der Waals surface area contributed by atoms with Gasteiger partial charge in [-0.1, -0.05) is 20.8 Å². The molecule has 3 rings (SSSR count). The van der Waals surface area contributed by atoms with Crippen LogP contribution in [0.2, 0.25) is 0 Å². The minimum absolute atomic E-state index is 0.00250. The van der Waals surface area contributed by atoms with Gasteiger partial charge in [0.05, 0.1) is 5.41 Å². The van der Waals surface area contributed by atoms with Crippen LogP contribution in [0, 0.1) is 28.1 Å². The Morgan fingerprint density at radius 3 is 2.56 bits per heavy atom. The Bertz CT molecular complexity index is 384. The molecule has 16 heavy (non-hydrogen) atoms. The highest BCUT2D eigenvalue weighted by molar-refractivity contribution is 6.04. The number of carbonyl (C=O) groups excluding carboxylic acids is 2. The number of hydrogen-bond donors (Lipinski definition) is 0. The van der Waals surface area contributed by atoms with Crippen LogP contribution in [0.15, 0.2) is 0 Å². The van der Waals surface area contributed by atoms with Crippen LogP contribution >= 0.6 is 0 Å². The zero-order chi connectivity index (χ0) is 11.8. The normalized spacial score (nSPS) is 53.1. The summed E-state index contributed by atoms with van der Waals surface area (Å²) in [7, 11) is 0. The largest absolute Gasteiger partial charge is 0.302 e. The second-order valence-corrected chi connectivity index (χ2v) is 7.25. The third-order valence-electron chi connectivity index (χ3n) is 5.66. The maximum absolute atomic E-state index is 12.1. The summed E-state index contributed by atoms with van der Waals surface area (Å²) < 4.78 is 0. The molecule has 0 aromatic carbocycles. The van der Waals surface area contributed by atoms with E-state index >= 15 is 0 Å². The lowest BCUT2D eigenvalue weighted by molar-refractivity contribution is -0.135. The van der Waals surface area contributed by atoms with Crippen molar-refractivity contribution < 1.29 is 9.59 Å². The molecule has 2 nitrogen and oxygen atoms in total. The average Bonchev–Trinajstić information content (AvgIpc) is 2.70. The highest BCUT2D eigenvalue weighted by Gasteiger charge is 2.76. The fraction of sp³-hybridized carbons (Fsp3) is 0.857. The molecule has 3 fully saturated rings. The molecule has 0 radical (unpaired) electrons.